The van der Waals surface area contributed by atoms with E-state index in [0.717, 1.165) is 16.7 Å². The Balaban J connectivity index is 1.60. The number of amides is 1. The normalized spacial score (nSPS) is 13.3. The van der Waals surface area contributed by atoms with E-state index in [9.17, 15) is 9.18 Å². The van der Waals surface area contributed by atoms with Crippen LogP contribution in [0.3, 0.4) is 0 Å². The predicted molar refractivity (Wildman–Crippen MR) is 132 cm³/mol. The summed E-state index contributed by atoms with van der Waals surface area (Å²) in [5.74, 6) is 1.44. The lowest BCUT2D eigenvalue weighted by molar-refractivity contribution is 0.0931. The van der Waals surface area contributed by atoms with Gasteiger partial charge in [0.15, 0.2) is 11.5 Å². The smallest absolute Gasteiger partial charge is 0.270 e. The van der Waals surface area contributed by atoms with Crippen LogP contribution in [0.25, 0.3) is 22.6 Å². The third-order valence-electron chi connectivity index (χ3n) is 6.06. The van der Waals surface area contributed by atoms with Crippen LogP contribution in [0.1, 0.15) is 35.9 Å². The molecule has 0 spiro atoms. The molecule has 4 aromatic rings. The van der Waals surface area contributed by atoms with Gasteiger partial charge in [-0.05, 0) is 49.7 Å². The van der Waals surface area contributed by atoms with E-state index in [1.807, 2.05) is 66.9 Å². The molecule has 0 saturated heterocycles. The van der Waals surface area contributed by atoms with Crippen molar-refractivity contribution < 1.29 is 18.7 Å². The van der Waals surface area contributed by atoms with E-state index in [1.165, 1.54) is 12.1 Å². The molecule has 1 amide bonds. The molecule has 0 fully saturated rings. The molecule has 3 aromatic carbocycles. The van der Waals surface area contributed by atoms with Crippen LogP contribution in [0.5, 0.6) is 11.5 Å². The number of hydrogen-bond acceptors (Lipinski definition) is 4. The van der Waals surface area contributed by atoms with Crippen LogP contribution in [-0.4, -0.2) is 28.7 Å². The third-order valence-corrected chi connectivity index (χ3v) is 6.06. The standard InChI is InChI=1S/C28H26FN3O3/c1-3-32-26(28(33)30-18(2)19-9-12-22(29)13-10-19)25(31-27(32)20-7-5-4-6-8-20)21-11-14-23-24(17-21)35-16-15-34-23/h4-14,17-18H,3,15-16H2,1-2H3,(H,30,33). The Labute approximate surface area is 203 Å². The van der Waals surface area contributed by atoms with Gasteiger partial charge in [-0.25, -0.2) is 9.37 Å². The van der Waals surface area contributed by atoms with Crippen molar-refractivity contribution in [3.05, 3.63) is 89.9 Å². The van der Waals surface area contributed by atoms with Crippen LogP contribution in [0.2, 0.25) is 0 Å². The molecular weight excluding hydrogens is 445 g/mol. The number of benzene rings is 3. The van der Waals surface area contributed by atoms with Crippen molar-refractivity contribution in [2.45, 2.75) is 26.4 Å². The summed E-state index contributed by atoms with van der Waals surface area (Å²) in [5, 5.41) is 3.07. The van der Waals surface area contributed by atoms with Crippen molar-refractivity contribution in [3.8, 4) is 34.1 Å². The fourth-order valence-electron chi connectivity index (χ4n) is 4.29. The van der Waals surface area contributed by atoms with Crippen LogP contribution < -0.4 is 14.8 Å². The first kappa shape index (κ1) is 22.7. The first-order valence-electron chi connectivity index (χ1n) is 11.7. The summed E-state index contributed by atoms with van der Waals surface area (Å²) < 4.78 is 26.7. The largest absolute Gasteiger partial charge is 0.486 e. The molecule has 0 aliphatic carbocycles. The van der Waals surface area contributed by atoms with Gasteiger partial charge in [0.25, 0.3) is 5.91 Å². The molecule has 6 nitrogen and oxygen atoms in total. The zero-order chi connectivity index (χ0) is 24.4. The number of nitrogens with zero attached hydrogens (tertiary/aromatic N) is 2. The summed E-state index contributed by atoms with van der Waals surface area (Å²) >= 11 is 0. The summed E-state index contributed by atoms with van der Waals surface area (Å²) in [7, 11) is 0. The first-order valence-corrected chi connectivity index (χ1v) is 11.7. The summed E-state index contributed by atoms with van der Waals surface area (Å²) in [5.41, 5.74) is 3.51. The van der Waals surface area contributed by atoms with Crippen molar-refractivity contribution in [2.24, 2.45) is 0 Å². The molecule has 5 rings (SSSR count). The molecule has 7 heteroatoms. The van der Waals surface area contributed by atoms with Crippen LogP contribution in [0.15, 0.2) is 72.8 Å². The van der Waals surface area contributed by atoms with Crippen LogP contribution >= 0.6 is 0 Å². The van der Waals surface area contributed by atoms with Gasteiger partial charge in [-0.3, -0.25) is 4.79 Å². The number of hydrogen-bond donors (Lipinski definition) is 1. The lowest BCUT2D eigenvalue weighted by atomic mass is 10.1. The van der Waals surface area contributed by atoms with Gasteiger partial charge in [-0.1, -0.05) is 42.5 Å². The third kappa shape index (κ3) is 4.49. The molecule has 1 atom stereocenters. The summed E-state index contributed by atoms with van der Waals surface area (Å²) in [6, 6.07) is 21.2. The minimum atomic E-state index is -0.323. The Morgan fingerprint density at radius 3 is 2.43 bits per heavy atom. The van der Waals surface area contributed by atoms with Gasteiger partial charge in [0, 0.05) is 17.7 Å². The molecule has 1 N–H and O–H groups in total. The molecule has 0 saturated carbocycles. The van der Waals surface area contributed by atoms with Crippen molar-refractivity contribution >= 4 is 5.91 Å². The van der Waals surface area contributed by atoms with Gasteiger partial charge in [-0.15, -0.1) is 0 Å². The number of imidazole rings is 1. The fraction of sp³-hybridized carbons (Fsp3) is 0.214. The predicted octanol–water partition coefficient (Wildman–Crippen LogP) is 5.64. The molecule has 1 aliphatic rings. The summed E-state index contributed by atoms with van der Waals surface area (Å²) in [6.45, 7) is 5.39. The average molecular weight is 472 g/mol. The maximum Gasteiger partial charge on any atom is 0.270 e. The molecule has 178 valence electrons. The maximum atomic E-state index is 13.7. The van der Waals surface area contributed by atoms with Gasteiger partial charge >= 0.3 is 0 Å². The van der Waals surface area contributed by atoms with Crippen molar-refractivity contribution in [2.75, 3.05) is 13.2 Å². The molecule has 1 aliphatic heterocycles. The minimum Gasteiger partial charge on any atom is -0.486 e. The van der Waals surface area contributed by atoms with Crippen LogP contribution in [0.4, 0.5) is 4.39 Å². The molecule has 1 unspecified atom stereocenters. The maximum absolute atomic E-state index is 13.7. The molecule has 2 heterocycles. The quantitative estimate of drug-likeness (QED) is 0.395. The van der Waals surface area contributed by atoms with E-state index in [2.05, 4.69) is 5.32 Å². The molecule has 0 bridgehead atoms. The minimum absolute atomic E-state index is 0.261. The van der Waals surface area contributed by atoms with Crippen molar-refractivity contribution in [1.29, 1.82) is 0 Å². The average Bonchev–Trinajstić information content (AvgIpc) is 3.29. The monoisotopic (exact) mass is 471 g/mol. The zero-order valence-corrected chi connectivity index (χ0v) is 19.6. The van der Waals surface area contributed by atoms with Crippen LogP contribution in [-0.2, 0) is 6.54 Å². The van der Waals surface area contributed by atoms with E-state index in [-0.39, 0.29) is 17.8 Å². The number of carbonyl (C=O) groups excluding carboxylic acids is 1. The van der Waals surface area contributed by atoms with E-state index in [4.69, 9.17) is 14.5 Å². The van der Waals surface area contributed by atoms with Crippen LogP contribution in [0, 0.1) is 5.82 Å². The van der Waals surface area contributed by atoms with Gasteiger partial charge < -0.3 is 19.4 Å². The Morgan fingerprint density at radius 1 is 1.00 bits per heavy atom. The molecule has 35 heavy (non-hydrogen) atoms. The summed E-state index contributed by atoms with van der Waals surface area (Å²) in [4.78, 5) is 18.6. The summed E-state index contributed by atoms with van der Waals surface area (Å²) in [6.07, 6.45) is 0. The topological polar surface area (TPSA) is 65.4 Å². The number of ether oxygens (including phenoxy) is 2. The number of aromatic nitrogens is 2. The second kappa shape index (κ2) is 9.62. The number of rotatable bonds is 6. The number of halogens is 1. The SMILES string of the molecule is CCn1c(-c2ccccc2)nc(-c2ccc3c(c2)OCCO3)c1C(=O)NC(C)c1ccc(F)cc1. The van der Waals surface area contributed by atoms with Gasteiger partial charge in [0.05, 0.1) is 6.04 Å². The number of carbonyl (C=O) groups is 1. The highest BCUT2D eigenvalue weighted by Gasteiger charge is 2.26. The molecule has 1 aromatic heterocycles. The van der Waals surface area contributed by atoms with Crippen molar-refractivity contribution in [1.82, 2.24) is 14.9 Å². The number of nitrogens with one attached hydrogen (secondary N) is 1. The highest BCUT2D eigenvalue weighted by atomic mass is 19.1. The second-order valence-corrected chi connectivity index (χ2v) is 8.35. The lowest BCUT2D eigenvalue weighted by Crippen LogP contribution is -2.29. The Kier molecular flexibility index (Phi) is 6.23. The Morgan fingerprint density at radius 2 is 1.71 bits per heavy atom. The van der Waals surface area contributed by atoms with E-state index >= 15 is 0 Å². The van der Waals surface area contributed by atoms with E-state index in [0.29, 0.717) is 48.5 Å². The Hall–Kier alpha value is -4.13. The zero-order valence-electron chi connectivity index (χ0n) is 19.6. The fourth-order valence-corrected chi connectivity index (χ4v) is 4.29. The highest BCUT2D eigenvalue weighted by molar-refractivity contribution is 6.00. The van der Waals surface area contributed by atoms with Crippen molar-refractivity contribution in [3.63, 3.8) is 0 Å². The molecule has 0 radical (unpaired) electrons. The Bertz CT molecular complexity index is 1350. The lowest BCUT2D eigenvalue weighted by Gasteiger charge is -2.19. The van der Waals surface area contributed by atoms with Gasteiger partial charge in [0.2, 0.25) is 0 Å². The number of fused-ring (bicyclic) bond motifs is 1. The van der Waals surface area contributed by atoms with Gasteiger partial charge in [-0.2, -0.15) is 0 Å². The van der Waals surface area contributed by atoms with Gasteiger partial charge in [0.1, 0.15) is 36.2 Å². The van der Waals surface area contributed by atoms with E-state index < -0.39 is 0 Å². The highest BCUT2D eigenvalue weighted by Crippen LogP contribution is 2.37. The second-order valence-electron chi connectivity index (χ2n) is 8.35. The molecular formula is C28H26FN3O3. The first-order chi connectivity index (χ1) is 17.0. The van der Waals surface area contributed by atoms with E-state index in [1.54, 1.807) is 12.1 Å².